The molecular weight excluding hydrogens is 602 g/mol. The van der Waals surface area contributed by atoms with Gasteiger partial charge >= 0.3 is 0 Å². The fourth-order valence-corrected chi connectivity index (χ4v) is 9.44. The Bertz CT molecular complexity index is 1710. The second-order valence-electron chi connectivity index (χ2n) is 15.0. The molecule has 3 aromatic rings. The first-order chi connectivity index (χ1) is 23.3. The Morgan fingerprint density at radius 2 is 1.71 bits per heavy atom. The zero-order valence-corrected chi connectivity index (χ0v) is 29.1. The van der Waals surface area contributed by atoms with Crippen molar-refractivity contribution in [1.29, 1.82) is 0 Å². The number of hydrogen-bond donors (Lipinski definition) is 1. The van der Waals surface area contributed by atoms with Gasteiger partial charge in [-0.2, -0.15) is 0 Å². The normalized spacial score (nSPS) is 27.2. The molecule has 48 heavy (non-hydrogen) atoms. The number of nitrogens with one attached hydrogen (secondary N) is 1. The van der Waals surface area contributed by atoms with Gasteiger partial charge in [-0.1, -0.05) is 25.3 Å². The first kappa shape index (κ1) is 32.8. The van der Waals surface area contributed by atoms with Gasteiger partial charge in [0.25, 0.3) is 5.91 Å². The molecule has 2 bridgehead atoms. The Kier molecular flexibility index (Phi) is 8.87. The van der Waals surface area contributed by atoms with Crippen molar-refractivity contribution in [3.8, 4) is 17.0 Å². The number of methoxy groups -OCH3 is 1. The molecule has 1 aromatic heterocycles. The average molecular weight is 654 g/mol. The lowest BCUT2D eigenvalue weighted by molar-refractivity contribution is -0.140. The van der Waals surface area contributed by atoms with Crippen LogP contribution in [0.4, 0.5) is 0 Å². The molecule has 2 aliphatic carbocycles. The number of ether oxygens (including phenoxy) is 1. The monoisotopic (exact) mass is 653 g/mol. The van der Waals surface area contributed by atoms with Gasteiger partial charge in [-0.25, -0.2) is 0 Å². The van der Waals surface area contributed by atoms with E-state index < -0.39 is 5.41 Å². The maximum atomic E-state index is 14.7. The Hall–Kier alpha value is -3.69. The Morgan fingerprint density at radius 1 is 0.958 bits per heavy atom. The first-order valence-corrected chi connectivity index (χ1v) is 17.9. The molecule has 0 radical (unpaired) electrons. The van der Waals surface area contributed by atoms with Crippen molar-refractivity contribution >= 4 is 29.5 Å². The second kappa shape index (κ2) is 13.0. The zero-order valence-electron chi connectivity index (χ0n) is 29.1. The van der Waals surface area contributed by atoms with Crippen molar-refractivity contribution in [1.82, 2.24) is 24.6 Å². The molecule has 256 valence electrons. The number of carbonyl (C=O) groups excluding carboxylic acids is 3. The minimum Gasteiger partial charge on any atom is -0.497 e. The van der Waals surface area contributed by atoms with Gasteiger partial charge in [0.05, 0.1) is 18.2 Å². The summed E-state index contributed by atoms with van der Waals surface area (Å²) in [5.41, 5.74) is 6.47. The van der Waals surface area contributed by atoms with Crippen molar-refractivity contribution < 1.29 is 19.1 Å². The summed E-state index contributed by atoms with van der Waals surface area (Å²) in [6, 6.07) is 13.5. The number of amides is 2. The van der Waals surface area contributed by atoms with Crippen LogP contribution in [0.2, 0.25) is 0 Å². The topological polar surface area (TPSA) is 87.1 Å². The van der Waals surface area contributed by atoms with Gasteiger partial charge in [0, 0.05) is 66.7 Å². The third-order valence-electron chi connectivity index (χ3n) is 12.3. The Labute approximate surface area is 284 Å². The summed E-state index contributed by atoms with van der Waals surface area (Å²) in [6.45, 7) is 7.11. The van der Waals surface area contributed by atoms with E-state index in [1.165, 1.54) is 79.4 Å². The summed E-state index contributed by atoms with van der Waals surface area (Å²) in [5.74, 6) is 1.76. The summed E-state index contributed by atoms with van der Waals surface area (Å²) in [7, 11) is 7.75. The molecule has 1 N–H and O–H groups in total. The highest BCUT2D eigenvalue weighted by molar-refractivity contribution is 6.02. The van der Waals surface area contributed by atoms with Crippen molar-refractivity contribution in [3.63, 3.8) is 0 Å². The molecule has 2 amide bonds. The van der Waals surface area contributed by atoms with Crippen LogP contribution in [0.15, 0.2) is 36.4 Å². The molecule has 5 heterocycles. The van der Waals surface area contributed by atoms with Crippen LogP contribution in [0.1, 0.15) is 84.7 Å². The lowest BCUT2D eigenvalue weighted by atomic mass is 9.81. The highest BCUT2D eigenvalue weighted by atomic mass is 16.5. The van der Waals surface area contributed by atoms with Crippen LogP contribution in [-0.4, -0.2) is 104 Å². The van der Waals surface area contributed by atoms with Gasteiger partial charge in [0.1, 0.15) is 12.5 Å². The Morgan fingerprint density at radius 3 is 2.31 bits per heavy atom. The number of benzene rings is 2. The number of hydrogen-bond acceptors (Lipinski definition) is 6. The van der Waals surface area contributed by atoms with E-state index in [4.69, 9.17) is 9.53 Å². The Balaban J connectivity index is 0.000000472. The van der Waals surface area contributed by atoms with Crippen LogP contribution >= 0.6 is 0 Å². The van der Waals surface area contributed by atoms with Crippen molar-refractivity contribution in [2.24, 2.45) is 5.41 Å². The molecule has 5 fully saturated rings. The van der Waals surface area contributed by atoms with Gasteiger partial charge in [-0.15, -0.1) is 0 Å². The van der Waals surface area contributed by atoms with Gasteiger partial charge in [0.15, 0.2) is 0 Å². The van der Waals surface area contributed by atoms with E-state index in [0.29, 0.717) is 36.0 Å². The smallest absolute Gasteiger partial charge is 0.251 e. The summed E-state index contributed by atoms with van der Waals surface area (Å²) < 4.78 is 8.18. The van der Waals surface area contributed by atoms with Crippen LogP contribution < -0.4 is 10.1 Å². The number of fused-ring (bicyclic) bond motifs is 9. The molecule has 0 spiro atoms. The molecule has 2 saturated carbocycles. The lowest BCUT2D eigenvalue weighted by Gasteiger charge is -2.35. The summed E-state index contributed by atoms with van der Waals surface area (Å²) in [6.07, 6.45) is 9.54. The molecule has 4 unspecified atom stereocenters. The van der Waals surface area contributed by atoms with Crippen LogP contribution in [-0.2, 0) is 16.1 Å². The number of piperazine rings is 1. The fraction of sp³-hybridized carbons (Fsp3) is 0.564. The fourth-order valence-electron chi connectivity index (χ4n) is 9.44. The predicted octanol–water partition coefficient (Wildman–Crippen LogP) is 5.26. The van der Waals surface area contributed by atoms with E-state index in [2.05, 4.69) is 69.0 Å². The molecule has 9 nitrogen and oxygen atoms in total. The lowest BCUT2D eigenvalue weighted by Crippen LogP contribution is -2.50. The molecule has 9 heteroatoms. The number of carbonyl (C=O) groups is 3. The minimum atomic E-state index is -0.464. The first-order valence-electron chi connectivity index (χ1n) is 17.9. The number of rotatable bonds is 4. The van der Waals surface area contributed by atoms with Crippen LogP contribution in [0.5, 0.6) is 5.75 Å². The van der Waals surface area contributed by atoms with Crippen molar-refractivity contribution in [2.45, 2.75) is 81.8 Å². The maximum Gasteiger partial charge on any atom is 0.251 e. The maximum absolute atomic E-state index is 14.7. The van der Waals surface area contributed by atoms with E-state index in [1.54, 1.807) is 14.2 Å². The number of aromatic nitrogens is 1. The predicted molar refractivity (Wildman–Crippen MR) is 189 cm³/mol. The quantitative estimate of drug-likeness (QED) is 0.414. The molecule has 9 rings (SSSR count). The van der Waals surface area contributed by atoms with Gasteiger partial charge in [-0.3, -0.25) is 14.5 Å². The van der Waals surface area contributed by atoms with Crippen molar-refractivity contribution in [3.05, 3.63) is 53.1 Å². The number of nitrogens with zero attached hydrogens (tertiary/aromatic N) is 4. The average Bonchev–Trinajstić information content (AvgIpc) is 3.36. The third-order valence-corrected chi connectivity index (χ3v) is 12.3. The van der Waals surface area contributed by atoms with Gasteiger partial charge in [-0.05, 0) is 107 Å². The number of likely N-dealkylation sites (N-methyl/N-ethyl adjacent to an activating group) is 1. The standard InChI is InChI=1S/C34H40N4O3.C4H9N.CH2O/c1-35-32(39)21-9-11-26-29(13-21)38-19-34(33(40)37-18-22-14-23(37)17-36(22)2)16-28(34)27-15-24(41-3)10-12-25(27)31(38)30(26)20-7-5-4-6-8-20;1-5-3-2-4-5;1-2/h9-13,15,20,22-23,28H,4-8,14,16-19H2,1-3H3,(H,35,39);2-4H2,1H3;1H2. The SMILES string of the molecule is C=O.CN1CCC1.CNC(=O)c1ccc2c(C3CCCCC3)c3n(c2c1)CC1(C(=O)N2CC4CC2CN4C)CC1c1cc(OC)ccc1-3. The highest BCUT2D eigenvalue weighted by Gasteiger charge is 2.65. The summed E-state index contributed by atoms with van der Waals surface area (Å²) in [5, 5.41) is 4.05. The van der Waals surface area contributed by atoms with Gasteiger partial charge < -0.3 is 29.2 Å². The molecule has 4 atom stereocenters. The third kappa shape index (κ3) is 5.34. The van der Waals surface area contributed by atoms with E-state index in [1.807, 2.05) is 12.9 Å². The number of likely N-dealkylation sites (tertiary alicyclic amines) is 3. The molecule has 4 aliphatic heterocycles. The molecule has 2 aromatic carbocycles. The minimum absolute atomic E-state index is 0.0762. The molecular formula is C39H51N5O4. The van der Waals surface area contributed by atoms with E-state index in [9.17, 15) is 9.59 Å². The van der Waals surface area contributed by atoms with Crippen LogP contribution in [0, 0.1) is 5.41 Å². The summed E-state index contributed by atoms with van der Waals surface area (Å²) >= 11 is 0. The van der Waals surface area contributed by atoms with Crippen LogP contribution in [0.3, 0.4) is 0 Å². The molecule has 3 saturated heterocycles. The molecule has 6 aliphatic rings. The second-order valence-corrected chi connectivity index (χ2v) is 15.0. The zero-order chi connectivity index (χ0) is 33.7. The van der Waals surface area contributed by atoms with Gasteiger partial charge in [0.2, 0.25) is 5.91 Å². The largest absolute Gasteiger partial charge is 0.497 e. The van der Waals surface area contributed by atoms with Crippen LogP contribution in [0.25, 0.3) is 22.2 Å². The van der Waals surface area contributed by atoms with E-state index in [-0.39, 0.29) is 11.8 Å². The van der Waals surface area contributed by atoms with E-state index in [0.717, 1.165) is 37.2 Å². The summed E-state index contributed by atoms with van der Waals surface area (Å²) in [4.78, 5) is 42.4. The van der Waals surface area contributed by atoms with Crippen molar-refractivity contribution in [2.75, 3.05) is 54.4 Å². The van der Waals surface area contributed by atoms with E-state index >= 15 is 0 Å². The highest BCUT2D eigenvalue weighted by Crippen LogP contribution is 2.66.